The van der Waals surface area contributed by atoms with Gasteiger partial charge in [0.1, 0.15) is 11.8 Å². The predicted octanol–water partition coefficient (Wildman–Crippen LogP) is -1.18. The van der Waals surface area contributed by atoms with E-state index in [9.17, 15) is 8.42 Å². The van der Waals surface area contributed by atoms with Crippen LogP contribution in [0.2, 0.25) is 0 Å². The second-order valence-electron chi connectivity index (χ2n) is 5.86. The highest BCUT2D eigenvalue weighted by molar-refractivity contribution is 7.91. The van der Waals surface area contributed by atoms with E-state index in [1.165, 1.54) is 4.90 Å². The van der Waals surface area contributed by atoms with Gasteiger partial charge >= 0.3 is 0 Å². The van der Waals surface area contributed by atoms with Crippen molar-refractivity contribution in [1.82, 2.24) is 10.2 Å². The Morgan fingerprint density at radius 3 is 2.60 bits per heavy atom. The second kappa shape index (κ2) is 6.41. The third-order valence-corrected chi connectivity index (χ3v) is 6.21. The number of nitrogens with zero attached hydrogens (tertiary/aromatic N) is 1. The van der Waals surface area contributed by atoms with Crippen LogP contribution in [-0.2, 0) is 9.84 Å². The van der Waals surface area contributed by atoms with Crippen molar-refractivity contribution < 1.29 is 13.3 Å². The van der Waals surface area contributed by atoms with Gasteiger partial charge in [0, 0.05) is 13.0 Å². The molecular weight excluding hydrogens is 294 g/mol. The van der Waals surface area contributed by atoms with Crippen molar-refractivity contribution in [2.75, 3.05) is 44.2 Å². The highest BCUT2D eigenvalue weighted by Gasteiger charge is 2.37. The van der Waals surface area contributed by atoms with Crippen molar-refractivity contribution in [3.63, 3.8) is 0 Å². The summed E-state index contributed by atoms with van der Waals surface area (Å²) in [7, 11) is -2.78. The molecule has 114 valence electrons. The van der Waals surface area contributed by atoms with E-state index in [0.29, 0.717) is 24.1 Å². The van der Waals surface area contributed by atoms with Gasteiger partial charge in [0.15, 0.2) is 14.9 Å². The van der Waals surface area contributed by atoms with E-state index in [-0.39, 0.29) is 0 Å². The lowest BCUT2D eigenvalue weighted by Gasteiger charge is -2.36. The van der Waals surface area contributed by atoms with E-state index in [2.05, 4.69) is 16.8 Å². The minimum atomic E-state index is -2.78. The Hall–Kier alpha value is -0.660. The van der Waals surface area contributed by atoms with Crippen molar-refractivity contribution >= 4 is 27.2 Å². The van der Waals surface area contributed by atoms with Crippen LogP contribution in [0, 0.1) is 0 Å². The van der Waals surface area contributed by atoms with E-state index in [0.717, 1.165) is 43.3 Å². The van der Waals surface area contributed by atoms with Gasteiger partial charge in [-0.3, -0.25) is 0 Å². The van der Waals surface area contributed by atoms with Gasteiger partial charge in [-0.2, -0.15) is 0 Å². The molecule has 0 amide bonds. The molecule has 2 N–H and O–H groups in total. The Bertz CT molecular complexity index is 482. The van der Waals surface area contributed by atoms with E-state index >= 15 is 0 Å². The van der Waals surface area contributed by atoms with Crippen LogP contribution in [0.4, 0.5) is 0 Å². The summed E-state index contributed by atoms with van der Waals surface area (Å²) in [6.45, 7) is 10.3. The molecule has 2 rings (SSSR count). The molecule has 5 nitrogen and oxygen atoms in total. The summed E-state index contributed by atoms with van der Waals surface area (Å²) >= 11 is 5.37. The molecule has 0 saturated carbocycles. The minimum absolute atomic E-state index is 0.291. The number of nitrogens with one attached hydrogen (secondary N) is 2. The van der Waals surface area contributed by atoms with E-state index in [4.69, 9.17) is 12.2 Å². The van der Waals surface area contributed by atoms with Gasteiger partial charge in [-0.1, -0.05) is 12.2 Å². The van der Waals surface area contributed by atoms with Crippen LogP contribution < -0.4 is 10.2 Å². The zero-order chi connectivity index (χ0) is 14.8. The molecule has 2 aliphatic heterocycles. The average molecular weight is 318 g/mol. The number of piperazine rings is 1. The monoisotopic (exact) mass is 318 g/mol. The number of sulfone groups is 1. The fourth-order valence-electron chi connectivity index (χ4n) is 2.86. The fourth-order valence-corrected chi connectivity index (χ4v) is 4.94. The summed E-state index contributed by atoms with van der Waals surface area (Å²) in [5.74, 6) is 0.726. The summed E-state index contributed by atoms with van der Waals surface area (Å²) in [6, 6.07) is 0.291. The van der Waals surface area contributed by atoms with Gasteiger partial charge in [0.05, 0.1) is 31.9 Å². The van der Waals surface area contributed by atoms with E-state index in [1.54, 1.807) is 0 Å². The third-order valence-electron chi connectivity index (χ3n) is 4.04. The van der Waals surface area contributed by atoms with E-state index in [1.807, 2.05) is 6.92 Å². The highest BCUT2D eigenvalue weighted by Crippen LogP contribution is 2.09. The van der Waals surface area contributed by atoms with Crippen LogP contribution in [0.1, 0.15) is 13.3 Å². The zero-order valence-corrected chi connectivity index (χ0v) is 13.7. The summed E-state index contributed by atoms with van der Waals surface area (Å²) in [6.07, 6.45) is 0.815. The van der Waals surface area contributed by atoms with Gasteiger partial charge in [0.2, 0.25) is 0 Å². The molecule has 2 aliphatic rings. The molecule has 0 aliphatic carbocycles. The number of hydrogen-bond acceptors (Lipinski definition) is 3. The first kappa shape index (κ1) is 15.7. The van der Waals surface area contributed by atoms with Crippen LogP contribution >= 0.6 is 12.2 Å². The molecule has 0 spiro atoms. The number of rotatable bonds is 3. The predicted molar refractivity (Wildman–Crippen MR) is 84.7 cm³/mol. The molecule has 0 bridgehead atoms. The van der Waals surface area contributed by atoms with Gasteiger partial charge in [-0.15, -0.1) is 0 Å². The standard InChI is InChI=1S/C13H23N3O2S2/c1-11(2)9-14-13(19)16-6-4-15(5-7-16)12-3-8-20(17,18)10-12/h12H,1,3-10H2,2H3,(H,14,19)/p+1/t12-/m0/s1. The first-order valence-corrected chi connectivity index (χ1v) is 9.32. The first-order chi connectivity index (χ1) is 9.37. The lowest BCUT2D eigenvalue weighted by molar-refractivity contribution is -0.925. The van der Waals surface area contributed by atoms with Crippen LogP contribution in [0.25, 0.3) is 0 Å². The van der Waals surface area contributed by atoms with Crippen LogP contribution in [0.3, 0.4) is 0 Å². The molecule has 2 heterocycles. The molecule has 0 aromatic rings. The zero-order valence-electron chi connectivity index (χ0n) is 12.0. The lowest BCUT2D eigenvalue weighted by Crippen LogP contribution is -3.18. The molecule has 0 unspecified atom stereocenters. The lowest BCUT2D eigenvalue weighted by atomic mass is 10.2. The Kier molecular flexibility index (Phi) is 5.04. The van der Waals surface area contributed by atoms with Crippen molar-refractivity contribution in [1.29, 1.82) is 0 Å². The van der Waals surface area contributed by atoms with Crippen molar-refractivity contribution in [2.24, 2.45) is 0 Å². The maximum Gasteiger partial charge on any atom is 0.169 e. The second-order valence-corrected chi connectivity index (χ2v) is 8.48. The molecule has 1 atom stereocenters. The third kappa shape index (κ3) is 4.17. The molecule has 2 saturated heterocycles. The Balaban J connectivity index is 1.78. The average Bonchev–Trinajstić information content (AvgIpc) is 2.76. The topological polar surface area (TPSA) is 53.9 Å². The van der Waals surface area contributed by atoms with Crippen LogP contribution in [0.15, 0.2) is 12.2 Å². The maximum atomic E-state index is 11.5. The molecule has 20 heavy (non-hydrogen) atoms. The molecule has 7 heteroatoms. The van der Waals surface area contributed by atoms with Crippen molar-refractivity contribution in [3.05, 3.63) is 12.2 Å². The van der Waals surface area contributed by atoms with Crippen LogP contribution in [-0.4, -0.2) is 68.7 Å². The largest absolute Gasteiger partial charge is 0.359 e. The molecule has 0 aromatic heterocycles. The van der Waals surface area contributed by atoms with Gasteiger partial charge in [-0.05, 0) is 19.1 Å². The quantitative estimate of drug-likeness (QED) is 0.507. The first-order valence-electron chi connectivity index (χ1n) is 7.09. The SMILES string of the molecule is C=C(C)CNC(=S)N1CC[NH+]([C@H]2CCS(=O)(=O)C2)CC1. The summed E-state index contributed by atoms with van der Waals surface area (Å²) in [5, 5.41) is 3.99. The van der Waals surface area contributed by atoms with Gasteiger partial charge in [0.25, 0.3) is 0 Å². The molecule has 0 aromatic carbocycles. The van der Waals surface area contributed by atoms with Gasteiger partial charge in [-0.25, -0.2) is 8.42 Å². The molecule has 2 fully saturated rings. The minimum Gasteiger partial charge on any atom is -0.359 e. The van der Waals surface area contributed by atoms with Crippen molar-refractivity contribution in [2.45, 2.75) is 19.4 Å². The number of quaternary nitrogens is 1. The van der Waals surface area contributed by atoms with Crippen molar-refractivity contribution in [3.8, 4) is 0 Å². The van der Waals surface area contributed by atoms with E-state index < -0.39 is 9.84 Å². The highest BCUT2D eigenvalue weighted by atomic mass is 32.2. The Labute approximate surface area is 126 Å². The molecule has 0 radical (unpaired) electrons. The Morgan fingerprint density at radius 2 is 2.10 bits per heavy atom. The Morgan fingerprint density at radius 1 is 1.45 bits per heavy atom. The fraction of sp³-hybridized carbons (Fsp3) is 0.769. The number of thiocarbonyl (C=S) groups is 1. The maximum absolute atomic E-state index is 11.5. The summed E-state index contributed by atoms with van der Waals surface area (Å²) < 4.78 is 23.1. The summed E-state index contributed by atoms with van der Waals surface area (Å²) in [5.41, 5.74) is 1.06. The summed E-state index contributed by atoms with van der Waals surface area (Å²) in [4.78, 5) is 3.59. The smallest absolute Gasteiger partial charge is 0.169 e. The number of hydrogen-bond donors (Lipinski definition) is 2. The molecular formula is C13H24N3O2S2+. The van der Waals surface area contributed by atoms with Gasteiger partial charge < -0.3 is 15.1 Å². The van der Waals surface area contributed by atoms with Crippen LogP contribution in [0.5, 0.6) is 0 Å². The normalized spacial score (nSPS) is 26.4.